The number of hydrogen-bond donors (Lipinski definition) is 0. The average molecular weight is 297 g/mol. The third-order valence-corrected chi connectivity index (χ3v) is 4.09. The summed E-state index contributed by atoms with van der Waals surface area (Å²) < 4.78 is 10.3. The zero-order chi connectivity index (χ0) is 16.3. The molecule has 1 aliphatic carbocycles. The van der Waals surface area contributed by atoms with E-state index in [0.29, 0.717) is 12.8 Å². The molecule has 2 atom stereocenters. The van der Waals surface area contributed by atoms with Gasteiger partial charge in [-0.05, 0) is 57.3 Å². The quantitative estimate of drug-likeness (QED) is 0.576. The summed E-state index contributed by atoms with van der Waals surface area (Å²) in [6, 6.07) is 0. The van der Waals surface area contributed by atoms with Gasteiger partial charge in [0, 0.05) is 0 Å². The first-order valence-electron chi connectivity index (χ1n) is 7.84. The highest BCUT2D eigenvalue weighted by atomic mass is 16.6. The molecule has 0 N–H and O–H groups in total. The van der Waals surface area contributed by atoms with Gasteiger partial charge in [0.05, 0.1) is 13.2 Å². The van der Waals surface area contributed by atoms with Crippen LogP contribution in [0.2, 0.25) is 0 Å². The van der Waals surface area contributed by atoms with Crippen molar-refractivity contribution in [3.05, 3.63) is 6.92 Å². The highest BCUT2D eigenvalue weighted by Crippen LogP contribution is 2.50. The number of hydrogen-bond acceptors (Lipinski definition) is 4. The molecule has 1 radical (unpaired) electrons. The second kappa shape index (κ2) is 6.80. The molecule has 4 nitrogen and oxygen atoms in total. The summed E-state index contributed by atoms with van der Waals surface area (Å²) in [5.41, 5.74) is -1.02. The van der Waals surface area contributed by atoms with Crippen molar-refractivity contribution in [1.29, 1.82) is 0 Å². The Kier molecular flexibility index (Phi) is 5.83. The van der Waals surface area contributed by atoms with Crippen LogP contribution in [0.5, 0.6) is 0 Å². The minimum Gasteiger partial charge on any atom is -0.465 e. The van der Waals surface area contributed by atoms with Gasteiger partial charge in [-0.2, -0.15) is 0 Å². The average Bonchev–Trinajstić information content (AvgIpc) is 2.66. The molecule has 1 rings (SSSR count). The lowest BCUT2D eigenvalue weighted by atomic mass is 9.79. The van der Waals surface area contributed by atoms with E-state index in [2.05, 4.69) is 27.7 Å². The standard InChI is InChI=1S/C17H29O4/c1-7-20-14(18)17(15(19)21-8-2)9-12(3)13(11-17)10-16(4,5)6/h12-13H,3,7-11H2,1-2,4-6H3. The molecule has 1 aliphatic rings. The molecule has 1 fully saturated rings. The normalized spacial score (nSPS) is 24.7. The molecule has 0 aromatic rings. The van der Waals surface area contributed by atoms with Gasteiger partial charge in [0.15, 0.2) is 5.41 Å². The van der Waals surface area contributed by atoms with Crippen LogP contribution in [0.25, 0.3) is 0 Å². The highest BCUT2D eigenvalue weighted by Gasteiger charge is 2.56. The first-order chi connectivity index (χ1) is 9.66. The Morgan fingerprint density at radius 1 is 1.10 bits per heavy atom. The van der Waals surface area contributed by atoms with Crippen LogP contribution in [0.4, 0.5) is 0 Å². The largest absolute Gasteiger partial charge is 0.465 e. The van der Waals surface area contributed by atoms with Crippen molar-refractivity contribution < 1.29 is 19.1 Å². The van der Waals surface area contributed by atoms with Crippen molar-refractivity contribution >= 4 is 11.9 Å². The number of rotatable bonds is 5. The fourth-order valence-electron chi connectivity index (χ4n) is 3.29. The van der Waals surface area contributed by atoms with Gasteiger partial charge in [-0.1, -0.05) is 20.8 Å². The van der Waals surface area contributed by atoms with Gasteiger partial charge in [0.25, 0.3) is 0 Å². The molecule has 121 valence electrons. The summed E-state index contributed by atoms with van der Waals surface area (Å²) in [5.74, 6) is -0.598. The van der Waals surface area contributed by atoms with Crippen LogP contribution in [0.15, 0.2) is 0 Å². The summed E-state index contributed by atoms with van der Waals surface area (Å²) in [4.78, 5) is 24.8. The Balaban J connectivity index is 3.00. The Morgan fingerprint density at radius 3 is 1.95 bits per heavy atom. The molecular formula is C17H29O4. The summed E-state index contributed by atoms with van der Waals surface area (Å²) in [6.45, 7) is 14.7. The van der Waals surface area contributed by atoms with Crippen molar-refractivity contribution in [3.8, 4) is 0 Å². The molecule has 0 amide bonds. The van der Waals surface area contributed by atoms with E-state index in [9.17, 15) is 9.59 Å². The number of esters is 2. The second-order valence-electron chi connectivity index (χ2n) is 7.22. The van der Waals surface area contributed by atoms with Gasteiger partial charge >= 0.3 is 11.9 Å². The summed E-state index contributed by atoms with van der Waals surface area (Å²) in [7, 11) is 0. The van der Waals surface area contributed by atoms with Crippen LogP contribution >= 0.6 is 0 Å². The summed E-state index contributed by atoms with van der Waals surface area (Å²) in [6.07, 6.45) is 1.84. The molecule has 0 spiro atoms. The second-order valence-corrected chi connectivity index (χ2v) is 7.22. The number of carbonyl (C=O) groups excluding carboxylic acids is 2. The van der Waals surface area contributed by atoms with Crippen LogP contribution in [0.1, 0.15) is 53.9 Å². The van der Waals surface area contributed by atoms with Gasteiger partial charge in [0.2, 0.25) is 0 Å². The Bertz CT molecular complexity index is 363. The lowest BCUT2D eigenvalue weighted by Crippen LogP contribution is -2.40. The van der Waals surface area contributed by atoms with E-state index in [1.54, 1.807) is 13.8 Å². The van der Waals surface area contributed by atoms with Gasteiger partial charge in [0.1, 0.15) is 0 Å². The minimum atomic E-state index is -1.16. The summed E-state index contributed by atoms with van der Waals surface area (Å²) in [5, 5.41) is 0. The number of carbonyl (C=O) groups is 2. The molecule has 21 heavy (non-hydrogen) atoms. The van der Waals surface area contributed by atoms with Crippen LogP contribution in [-0.4, -0.2) is 25.2 Å². The van der Waals surface area contributed by atoms with Crippen molar-refractivity contribution in [3.63, 3.8) is 0 Å². The summed E-state index contributed by atoms with van der Waals surface area (Å²) >= 11 is 0. The molecular weight excluding hydrogens is 268 g/mol. The van der Waals surface area contributed by atoms with Crippen LogP contribution < -0.4 is 0 Å². The van der Waals surface area contributed by atoms with E-state index in [1.165, 1.54) is 0 Å². The van der Waals surface area contributed by atoms with Gasteiger partial charge in [-0.3, -0.25) is 9.59 Å². The van der Waals surface area contributed by atoms with Crippen molar-refractivity contribution in [1.82, 2.24) is 0 Å². The van der Waals surface area contributed by atoms with E-state index in [-0.39, 0.29) is 30.5 Å². The van der Waals surface area contributed by atoms with Crippen LogP contribution in [0.3, 0.4) is 0 Å². The molecule has 0 bridgehead atoms. The SMILES string of the molecule is [CH2]C1CC(C(=O)OCC)(C(=O)OCC)CC1CC(C)(C)C. The number of ether oxygens (including phenoxy) is 2. The van der Waals surface area contributed by atoms with E-state index in [1.807, 2.05) is 0 Å². The minimum absolute atomic E-state index is 0.0676. The van der Waals surface area contributed by atoms with Gasteiger partial charge < -0.3 is 9.47 Å². The van der Waals surface area contributed by atoms with E-state index in [0.717, 1.165) is 6.42 Å². The maximum Gasteiger partial charge on any atom is 0.323 e. The van der Waals surface area contributed by atoms with E-state index < -0.39 is 17.4 Å². The zero-order valence-electron chi connectivity index (χ0n) is 14.0. The molecule has 0 saturated heterocycles. The Labute approximate surface area is 128 Å². The third-order valence-electron chi connectivity index (χ3n) is 4.09. The smallest absolute Gasteiger partial charge is 0.323 e. The first kappa shape index (κ1) is 18.0. The van der Waals surface area contributed by atoms with E-state index in [4.69, 9.17) is 9.47 Å². The Morgan fingerprint density at radius 2 is 1.57 bits per heavy atom. The van der Waals surface area contributed by atoms with Crippen LogP contribution in [-0.2, 0) is 19.1 Å². The first-order valence-corrected chi connectivity index (χ1v) is 7.84. The van der Waals surface area contributed by atoms with Crippen LogP contribution in [0, 0.1) is 29.6 Å². The molecule has 0 aromatic heterocycles. The molecule has 1 saturated carbocycles. The third kappa shape index (κ3) is 4.21. The van der Waals surface area contributed by atoms with Crippen molar-refractivity contribution in [2.24, 2.45) is 22.7 Å². The molecule has 0 aliphatic heterocycles. The monoisotopic (exact) mass is 297 g/mol. The van der Waals surface area contributed by atoms with Crippen molar-refractivity contribution in [2.45, 2.75) is 53.9 Å². The van der Waals surface area contributed by atoms with E-state index >= 15 is 0 Å². The predicted octanol–water partition coefficient (Wildman–Crippen LogP) is 3.40. The Hall–Kier alpha value is -1.06. The maximum atomic E-state index is 12.4. The predicted molar refractivity (Wildman–Crippen MR) is 81.3 cm³/mol. The maximum absolute atomic E-state index is 12.4. The fraction of sp³-hybridized carbons (Fsp3) is 0.824. The lowest BCUT2D eigenvalue weighted by Gasteiger charge is -2.27. The molecule has 4 heteroatoms. The fourth-order valence-corrected chi connectivity index (χ4v) is 3.29. The van der Waals surface area contributed by atoms with Crippen molar-refractivity contribution in [2.75, 3.05) is 13.2 Å². The highest BCUT2D eigenvalue weighted by molar-refractivity contribution is 6.00. The van der Waals surface area contributed by atoms with Gasteiger partial charge in [-0.15, -0.1) is 0 Å². The molecule has 2 unspecified atom stereocenters. The lowest BCUT2D eigenvalue weighted by molar-refractivity contribution is -0.172. The zero-order valence-corrected chi connectivity index (χ0v) is 14.0. The molecule has 0 aromatic carbocycles. The topological polar surface area (TPSA) is 52.6 Å². The molecule has 0 heterocycles. The van der Waals surface area contributed by atoms with Gasteiger partial charge in [-0.25, -0.2) is 0 Å².